The third-order valence-electron chi connectivity index (χ3n) is 4.01. The van der Waals surface area contributed by atoms with Crippen LogP contribution in [0.5, 0.6) is 5.75 Å². The summed E-state index contributed by atoms with van der Waals surface area (Å²) in [7, 11) is 1.42. The van der Waals surface area contributed by atoms with Gasteiger partial charge in [0.25, 0.3) is 0 Å². The Bertz CT molecular complexity index is 471. The molecular formula is C16H26ClFN2O2. The number of rotatable bonds is 8. The summed E-state index contributed by atoms with van der Waals surface area (Å²) in [4.78, 5) is 12.0. The number of aryl methyl sites for hydroxylation is 1. The average Bonchev–Trinajstić information content (AvgIpc) is 2.51. The molecule has 3 N–H and O–H groups in total. The van der Waals surface area contributed by atoms with Crippen molar-refractivity contribution in [1.29, 1.82) is 0 Å². The lowest BCUT2D eigenvalue weighted by Gasteiger charge is -2.31. The van der Waals surface area contributed by atoms with Gasteiger partial charge in [-0.05, 0) is 37.0 Å². The van der Waals surface area contributed by atoms with Crippen molar-refractivity contribution in [2.75, 3.05) is 13.7 Å². The van der Waals surface area contributed by atoms with Crippen LogP contribution in [0.25, 0.3) is 0 Å². The summed E-state index contributed by atoms with van der Waals surface area (Å²) in [6.45, 7) is 4.44. The molecule has 0 radical (unpaired) electrons. The van der Waals surface area contributed by atoms with Gasteiger partial charge in [0.15, 0.2) is 11.6 Å². The number of nitrogens with two attached hydrogens (primary N) is 1. The van der Waals surface area contributed by atoms with E-state index in [1.807, 2.05) is 13.8 Å². The number of amides is 1. The van der Waals surface area contributed by atoms with Crippen LogP contribution in [0.4, 0.5) is 4.39 Å². The molecule has 0 heterocycles. The highest BCUT2D eigenvalue weighted by Gasteiger charge is 2.25. The first-order valence-electron chi connectivity index (χ1n) is 7.33. The van der Waals surface area contributed by atoms with Gasteiger partial charge in [0.05, 0.1) is 12.6 Å². The van der Waals surface area contributed by atoms with Crippen LogP contribution >= 0.6 is 12.4 Å². The van der Waals surface area contributed by atoms with Crippen LogP contribution in [0.1, 0.15) is 38.7 Å². The molecule has 126 valence electrons. The third-order valence-corrected chi connectivity index (χ3v) is 4.01. The van der Waals surface area contributed by atoms with Crippen molar-refractivity contribution in [3.63, 3.8) is 0 Å². The molecule has 0 atom stereocenters. The molecule has 22 heavy (non-hydrogen) atoms. The zero-order chi connectivity index (χ0) is 15.9. The first-order valence-corrected chi connectivity index (χ1v) is 7.33. The molecule has 0 spiro atoms. The number of benzene rings is 1. The van der Waals surface area contributed by atoms with Gasteiger partial charge in [-0.1, -0.05) is 19.9 Å². The Labute approximate surface area is 138 Å². The number of hydrogen-bond donors (Lipinski definition) is 2. The van der Waals surface area contributed by atoms with E-state index < -0.39 is 5.82 Å². The Hall–Kier alpha value is -1.33. The quantitative estimate of drug-likeness (QED) is 0.769. The lowest BCUT2D eigenvalue weighted by atomic mass is 9.92. The van der Waals surface area contributed by atoms with Gasteiger partial charge in [-0.25, -0.2) is 4.39 Å². The predicted octanol–water partition coefficient (Wildman–Crippen LogP) is 2.82. The minimum Gasteiger partial charge on any atom is -0.494 e. The highest BCUT2D eigenvalue weighted by Crippen LogP contribution is 2.19. The second kappa shape index (κ2) is 9.64. The van der Waals surface area contributed by atoms with E-state index in [1.165, 1.54) is 13.2 Å². The van der Waals surface area contributed by atoms with Gasteiger partial charge < -0.3 is 15.8 Å². The molecule has 6 heteroatoms. The first-order chi connectivity index (χ1) is 10.00. The van der Waals surface area contributed by atoms with E-state index in [0.717, 1.165) is 18.4 Å². The monoisotopic (exact) mass is 332 g/mol. The van der Waals surface area contributed by atoms with Crippen molar-refractivity contribution in [2.45, 2.75) is 45.1 Å². The normalized spacial score (nSPS) is 10.8. The minimum absolute atomic E-state index is 0. The average molecular weight is 333 g/mol. The van der Waals surface area contributed by atoms with Crippen LogP contribution in [-0.4, -0.2) is 25.1 Å². The molecule has 0 aliphatic carbocycles. The standard InChI is InChI=1S/C16H25FN2O2.ClH/c1-4-16(5-2,11-18)19-15(20)9-7-12-6-8-14(21-3)13(17)10-12;/h6,8,10H,4-5,7,9,11,18H2,1-3H3,(H,19,20);1H. The van der Waals surface area contributed by atoms with Crippen LogP contribution in [0.2, 0.25) is 0 Å². The smallest absolute Gasteiger partial charge is 0.220 e. The second-order valence-corrected chi connectivity index (χ2v) is 5.21. The maximum atomic E-state index is 13.6. The molecule has 0 bridgehead atoms. The zero-order valence-corrected chi connectivity index (χ0v) is 14.3. The third kappa shape index (κ3) is 5.46. The van der Waals surface area contributed by atoms with E-state index in [1.54, 1.807) is 12.1 Å². The fraction of sp³-hybridized carbons (Fsp3) is 0.562. The SMILES string of the molecule is CCC(CC)(CN)NC(=O)CCc1ccc(OC)c(F)c1.Cl. The number of halogens is 2. The van der Waals surface area contributed by atoms with E-state index in [-0.39, 0.29) is 29.6 Å². The number of carbonyl (C=O) groups is 1. The summed E-state index contributed by atoms with van der Waals surface area (Å²) in [6, 6.07) is 4.75. The molecular weight excluding hydrogens is 307 g/mol. The lowest BCUT2D eigenvalue weighted by molar-refractivity contribution is -0.123. The van der Waals surface area contributed by atoms with E-state index in [0.29, 0.717) is 19.4 Å². The highest BCUT2D eigenvalue weighted by molar-refractivity contribution is 5.85. The van der Waals surface area contributed by atoms with Crippen LogP contribution in [0, 0.1) is 5.82 Å². The molecule has 0 unspecified atom stereocenters. The van der Waals surface area contributed by atoms with Gasteiger partial charge in [-0.15, -0.1) is 12.4 Å². The van der Waals surface area contributed by atoms with E-state index in [9.17, 15) is 9.18 Å². The first kappa shape index (κ1) is 20.7. The fourth-order valence-electron chi connectivity index (χ4n) is 2.25. The number of ether oxygens (including phenoxy) is 1. The molecule has 0 aromatic heterocycles. The van der Waals surface area contributed by atoms with Gasteiger partial charge in [-0.3, -0.25) is 4.79 Å². The summed E-state index contributed by atoms with van der Waals surface area (Å²) in [5, 5.41) is 3.00. The van der Waals surface area contributed by atoms with E-state index >= 15 is 0 Å². The summed E-state index contributed by atoms with van der Waals surface area (Å²) < 4.78 is 18.4. The molecule has 1 rings (SSSR count). The highest BCUT2D eigenvalue weighted by atomic mass is 35.5. The Balaban J connectivity index is 0.00000441. The van der Waals surface area contributed by atoms with Gasteiger partial charge >= 0.3 is 0 Å². The van der Waals surface area contributed by atoms with Gasteiger partial charge in [0.2, 0.25) is 5.91 Å². The zero-order valence-electron chi connectivity index (χ0n) is 13.4. The molecule has 4 nitrogen and oxygen atoms in total. The van der Waals surface area contributed by atoms with Crippen molar-refractivity contribution in [3.05, 3.63) is 29.6 Å². The summed E-state index contributed by atoms with van der Waals surface area (Å²) in [6.07, 6.45) is 2.39. The van der Waals surface area contributed by atoms with Crippen LogP contribution in [0.3, 0.4) is 0 Å². The fourth-order valence-corrected chi connectivity index (χ4v) is 2.25. The number of methoxy groups -OCH3 is 1. The Morgan fingerprint density at radius 1 is 1.36 bits per heavy atom. The van der Waals surface area contributed by atoms with Gasteiger partial charge in [-0.2, -0.15) is 0 Å². The van der Waals surface area contributed by atoms with E-state index in [2.05, 4.69) is 5.32 Å². The number of carbonyl (C=O) groups excluding carboxylic acids is 1. The lowest BCUT2D eigenvalue weighted by Crippen LogP contribution is -2.52. The molecule has 0 aliphatic heterocycles. The van der Waals surface area contributed by atoms with Crippen LogP contribution in [0.15, 0.2) is 18.2 Å². The van der Waals surface area contributed by atoms with E-state index in [4.69, 9.17) is 10.5 Å². The molecule has 1 amide bonds. The second-order valence-electron chi connectivity index (χ2n) is 5.21. The molecule has 0 saturated heterocycles. The molecule has 0 fully saturated rings. The van der Waals surface area contributed by atoms with Crippen molar-refractivity contribution in [1.82, 2.24) is 5.32 Å². The minimum atomic E-state index is -0.408. The molecule has 0 aliphatic rings. The molecule has 1 aromatic carbocycles. The number of hydrogen-bond acceptors (Lipinski definition) is 3. The molecule has 0 saturated carbocycles. The topological polar surface area (TPSA) is 64.3 Å². The predicted molar refractivity (Wildman–Crippen MR) is 89.0 cm³/mol. The van der Waals surface area contributed by atoms with Crippen LogP contribution in [-0.2, 0) is 11.2 Å². The summed E-state index contributed by atoms with van der Waals surface area (Å²) in [5.41, 5.74) is 6.20. The van der Waals surface area contributed by atoms with Gasteiger partial charge in [0, 0.05) is 13.0 Å². The van der Waals surface area contributed by atoms with Crippen molar-refractivity contribution >= 4 is 18.3 Å². The van der Waals surface area contributed by atoms with Crippen molar-refractivity contribution < 1.29 is 13.9 Å². The van der Waals surface area contributed by atoms with Crippen molar-refractivity contribution in [2.24, 2.45) is 5.73 Å². The largest absolute Gasteiger partial charge is 0.494 e. The van der Waals surface area contributed by atoms with Crippen molar-refractivity contribution in [3.8, 4) is 5.75 Å². The number of nitrogens with one attached hydrogen (secondary N) is 1. The Kier molecular flexibility index (Phi) is 9.06. The maximum absolute atomic E-state index is 13.6. The Morgan fingerprint density at radius 2 is 2.00 bits per heavy atom. The summed E-state index contributed by atoms with van der Waals surface area (Å²) in [5.74, 6) is -0.253. The maximum Gasteiger partial charge on any atom is 0.220 e. The van der Waals surface area contributed by atoms with Gasteiger partial charge in [0.1, 0.15) is 0 Å². The Morgan fingerprint density at radius 3 is 2.45 bits per heavy atom. The van der Waals surface area contributed by atoms with Crippen LogP contribution < -0.4 is 15.8 Å². The summed E-state index contributed by atoms with van der Waals surface area (Å²) >= 11 is 0. The molecule has 1 aromatic rings.